The van der Waals surface area contributed by atoms with Crippen molar-refractivity contribution in [1.82, 2.24) is 0 Å². The molecule has 2 N–H and O–H groups in total. The Morgan fingerprint density at radius 2 is 1.79 bits per heavy atom. The first-order valence-corrected chi connectivity index (χ1v) is 6.15. The van der Waals surface area contributed by atoms with Gasteiger partial charge in [0.15, 0.2) is 0 Å². The molecule has 3 aromatic rings. The van der Waals surface area contributed by atoms with Crippen molar-refractivity contribution in [3.63, 3.8) is 0 Å². The van der Waals surface area contributed by atoms with Crippen LogP contribution in [0.3, 0.4) is 0 Å². The number of para-hydroxylation sites is 1. The van der Waals surface area contributed by atoms with Crippen LogP contribution in [0.2, 0.25) is 0 Å². The average molecular weight is 253 g/mol. The van der Waals surface area contributed by atoms with Gasteiger partial charge >= 0.3 is 0 Å². The number of hydrogen-bond donors (Lipinski definition) is 1. The summed E-state index contributed by atoms with van der Waals surface area (Å²) >= 11 is 0. The SMILES string of the molecule is COc1ccc(C(N)c2coc3ccccc23)cc1. The lowest BCUT2D eigenvalue weighted by molar-refractivity contribution is 0.414. The molecule has 1 aromatic heterocycles. The Balaban J connectivity index is 2.00. The highest BCUT2D eigenvalue weighted by Crippen LogP contribution is 2.29. The third kappa shape index (κ3) is 2.09. The summed E-state index contributed by atoms with van der Waals surface area (Å²) < 4.78 is 10.7. The minimum absolute atomic E-state index is 0.199. The van der Waals surface area contributed by atoms with Gasteiger partial charge in [0.1, 0.15) is 11.3 Å². The maximum absolute atomic E-state index is 6.32. The van der Waals surface area contributed by atoms with Gasteiger partial charge in [-0.1, -0.05) is 30.3 Å². The standard InChI is InChI=1S/C16H15NO2/c1-18-12-8-6-11(7-9-12)16(17)14-10-19-15-5-3-2-4-13(14)15/h2-10,16H,17H2,1H3. The van der Waals surface area contributed by atoms with E-state index in [0.29, 0.717) is 0 Å². The van der Waals surface area contributed by atoms with Crippen LogP contribution < -0.4 is 10.5 Å². The van der Waals surface area contributed by atoms with E-state index >= 15 is 0 Å². The molecule has 1 atom stereocenters. The fourth-order valence-corrected chi connectivity index (χ4v) is 2.23. The van der Waals surface area contributed by atoms with Crippen LogP contribution in [0.4, 0.5) is 0 Å². The van der Waals surface area contributed by atoms with E-state index in [1.165, 1.54) is 0 Å². The second-order valence-corrected chi connectivity index (χ2v) is 4.44. The van der Waals surface area contributed by atoms with Crippen molar-refractivity contribution in [2.45, 2.75) is 6.04 Å². The van der Waals surface area contributed by atoms with E-state index < -0.39 is 0 Å². The first-order chi connectivity index (χ1) is 9.29. The van der Waals surface area contributed by atoms with Gasteiger partial charge in [-0.25, -0.2) is 0 Å². The zero-order valence-electron chi connectivity index (χ0n) is 10.7. The maximum Gasteiger partial charge on any atom is 0.134 e. The first kappa shape index (κ1) is 11.8. The van der Waals surface area contributed by atoms with Crippen molar-refractivity contribution >= 4 is 11.0 Å². The van der Waals surface area contributed by atoms with Crippen molar-refractivity contribution in [3.05, 3.63) is 65.9 Å². The highest BCUT2D eigenvalue weighted by Gasteiger charge is 2.14. The molecule has 0 aliphatic rings. The number of benzene rings is 2. The highest BCUT2D eigenvalue weighted by atomic mass is 16.5. The summed E-state index contributed by atoms with van der Waals surface area (Å²) in [6.45, 7) is 0. The second-order valence-electron chi connectivity index (χ2n) is 4.44. The van der Waals surface area contributed by atoms with E-state index in [4.69, 9.17) is 14.9 Å². The Hall–Kier alpha value is -2.26. The smallest absolute Gasteiger partial charge is 0.134 e. The van der Waals surface area contributed by atoms with Gasteiger partial charge in [-0.3, -0.25) is 0 Å². The van der Waals surface area contributed by atoms with Gasteiger partial charge in [-0.2, -0.15) is 0 Å². The molecular formula is C16H15NO2. The maximum atomic E-state index is 6.32. The molecule has 0 aliphatic heterocycles. The quantitative estimate of drug-likeness (QED) is 0.777. The Morgan fingerprint density at radius 1 is 1.05 bits per heavy atom. The molecule has 2 aromatic carbocycles. The molecule has 0 spiro atoms. The van der Waals surface area contributed by atoms with Crippen LogP contribution in [0.25, 0.3) is 11.0 Å². The monoisotopic (exact) mass is 253 g/mol. The third-order valence-corrected chi connectivity index (χ3v) is 3.32. The molecule has 96 valence electrons. The number of hydrogen-bond acceptors (Lipinski definition) is 3. The van der Waals surface area contributed by atoms with Gasteiger partial charge < -0.3 is 14.9 Å². The third-order valence-electron chi connectivity index (χ3n) is 3.32. The van der Waals surface area contributed by atoms with E-state index in [1.54, 1.807) is 13.4 Å². The largest absolute Gasteiger partial charge is 0.497 e. The van der Waals surface area contributed by atoms with E-state index in [1.807, 2.05) is 48.5 Å². The molecule has 19 heavy (non-hydrogen) atoms. The van der Waals surface area contributed by atoms with Gasteiger partial charge in [0.2, 0.25) is 0 Å². The van der Waals surface area contributed by atoms with Crippen LogP contribution in [0.15, 0.2) is 59.2 Å². The molecule has 0 saturated heterocycles. The van der Waals surface area contributed by atoms with Crippen LogP contribution in [0.1, 0.15) is 17.2 Å². The lowest BCUT2D eigenvalue weighted by atomic mass is 9.99. The van der Waals surface area contributed by atoms with Crippen LogP contribution in [0, 0.1) is 0 Å². The van der Waals surface area contributed by atoms with Gasteiger partial charge in [-0.15, -0.1) is 0 Å². The molecule has 0 radical (unpaired) electrons. The van der Waals surface area contributed by atoms with Gasteiger partial charge in [-0.05, 0) is 23.8 Å². The lowest BCUT2D eigenvalue weighted by Gasteiger charge is -2.11. The number of furan rings is 1. The number of nitrogens with two attached hydrogens (primary N) is 1. The Labute approximate surface area is 111 Å². The first-order valence-electron chi connectivity index (χ1n) is 6.15. The van der Waals surface area contributed by atoms with Crippen LogP contribution in [0.5, 0.6) is 5.75 Å². The van der Waals surface area contributed by atoms with Crippen molar-refractivity contribution < 1.29 is 9.15 Å². The van der Waals surface area contributed by atoms with Crippen LogP contribution in [-0.2, 0) is 0 Å². The Morgan fingerprint density at radius 3 is 2.53 bits per heavy atom. The van der Waals surface area contributed by atoms with E-state index in [9.17, 15) is 0 Å². The van der Waals surface area contributed by atoms with E-state index in [-0.39, 0.29) is 6.04 Å². The van der Waals surface area contributed by atoms with E-state index in [0.717, 1.165) is 27.8 Å². The fraction of sp³-hybridized carbons (Fsp3) is 0.125. The normalized spacial score (nSPS) is 12.5. The molecule has 0 bridgehead atoms. The zero-order chi connectivity index (χ0) is 13.2. The van der Waals surface area contributed by atoms with Crippen molar-refractivity contribution in [2.24, 2.45) is 5.73 Å². The molecule has 1 unspecified atom stereocenters. The molecule has 3 heteroatoms. The topological polar surface area (TPSA) is 48.4 Å². The zero-order valence-corrected chi connectivity index (χ0v) is 10.7. The fourth-order valence-electron chi connectivity index (χ4n) is 2.23. The molecule has 0 fully saturated rings. The summed E-state index contributed by atoms with van der Waals surface area (Å²) in [6.07, 6.45) is 1.74. The number of ether oxygens (including phenoxy) is 1. The molecule has 3 rings (SSSR count). The molecule has 1 heterocycles. The van der Waals surface area contributed by atoms with Crippen LogP contribution >= 0.6 is 0 Å². The second kappa shape index (κ2) is 4.78. The summed E-state index contributed by atoms with van der Waals surface area (Å²) in [4.78, 5) is 0. The van der Waals surface area contributed by atoms with Crippen LogP contribution in [-0.4, -0.2) is 7.11 Å². The molecular weight excluding hydrogens is 238 g/mol. The average Bonchev–Trinajstić information content (AvgIpc) is 2.90. The number of methoxy groups -OCH3 is 1. The summed E-state index contributed by atoms with van der Waals surface area (Å²) in [6, 6.07) is 15.5. The minimum atomic E-state index is -0.199. The number of fused-ring (bicyclic) bond motifs is 1. The van der Waals surface area contributed by atoms with Crippen molar-refractivity contribution in [2.75, 3.05) is 7.11 Å². The number of rotatable bonds is 3. The molecule has 0 aliphatic carbocycles. The Kier molecular flexibility index (Phi) is 2.97. The summed E-state index contributed by atoms with van der Waals surface area (Å²) in [5.74, 6) is 0.827. The molecule has 0 amide bonds. The van der Waals surface area contributed by atoms with Gasteiger partial charge in [0, 0.05) is 10.9 Å². The summed E-state index contributed by atoms with van der Waals surface area (Å²) in [7, 11) is 1.65. The molecule has 0 saturated carbocycles. The van der Waals surface area contributed by atoms with Crippen molar-refractivity contribution in [1.29, 1.82) is 0 Å². The lowest BCUT2D eigenvalue weighted by Crippen LogP contribution is -2.11. The van der Waals surface area contributed by atoms with E-state index in [2.05, 4.69) is 0 Å². The summed E-state index contributed by atoms with van der Waals surface area (Å²) in [5.41, 5.74) is 9.22. The molecule has 3 nitrogen and oxygen atoms in total. The Bertz CT molecular complexity index is 685. The van der Waals surface area contributed by atoms with Gasteiger partial charge in [0.25, 0.3) is 0 Å². The predicted molar refractivity (Wildman–Crippen MR) is 75.2 cm³/mol. The van der Waals surface area contributed by atoms with Crippen molar-refractivity contribution in [3.8, 4) is 5.75 Å². The summed E-state index contributed by atoms with van der Waals surface area (Å²) in [5, 5.41) is 1.06. The highest BCUT2D eigenvalue weighted by molar-refractivity contribution is 5.81. The van der Waals surface area contributed by atoms with Gasteiger partial charge in [0.05, 0.1) is 19.4 Å². The minimum Gasteiger partial charge on any atom is -0.497 e. The predicted octanol–water partition coefficient (Wildman–Crippen LogP) is 3.49.